The molecule has 0 unspecified atom stereocenters. The molecule has 0 saturated heterocycles. The van der Waals surface area contributed by atoms with E-state index in [1.54, 1.807) is 6.08 Å². The number of aliphatic hydroxyl groups is 1. The number of aliphatic hydroxyl groups excluding tert-OH is 1. The summed E-state index contributed by atoms with van der Waals surface area (Å²) in [4.78, 5) is 0. The maximum Gasteiger partial charge on any atom is 0.0615 e. The average Bonchev–Trinajstić information content (AvgIpc) is 1.80. The molecule has 0 atom stereocenters. The second-order valence-electron chi connectivity index (χ2n) is 2.24. The third-order valence-electron chi connectivity index (χ3n) is 0.849. The highest BCUT2D eigenvalue weighted by molar-refractivity contribution is 5.03. The zero-order valence-corrected chi connectivity index (χ0v) is 6.04. The van der Waals surface area contributed by atoms with Gasteiger partial charge < -0.3 is 5.11 Å². The standard InChI is InChI=1S/C8H14O/c1-8(2)6-4-3-5-7-9/h3-6,8-9H,7H2,1-2H3/b5-3-,6-4+. The van der Waals surface area contributed by atoms with Gasteiger partial charge >= 0.3 is 0 Å². The van der Waals surface area contributed by atoms with E-state index < -0.39 is 0 Å². The highest BCUT2D eigenvalue weighted by Crippen LogP contribution is 1.92. The number of allylic oxidation sites excluding steroid dienone is 3. The van der Waals surface area contributed by atoms with Gasteiger partial charge in [0.1, 0.15) is 0 Å². The molecule has 0 radical (unpaired) electrons. The molecule has 52 valence electrons. The van der Waals surface area contributed by atoms with Crippen LogP contribution in [0.4, 0.5) is 0 Å². The second-order valence-corrected chi connectivity index (χ2v) is 2.24. The van der Waals surface area contributed by atoms with Gasteiger partial charge in [0, 0.05) is 0 Å². The average molecular weight is 126 g/mol. The zero-order chi connectivity index (χ0) is 7.11. The van der Waals surface area contributed by atoms with Crippen LogP contribution in [-0.2, 0) is 0 Å². The lowest BCUT2D eigenvalue weighted by molar-refractivity contribution is 0.343. The minimum Gasteiger partial charge on any atom is -0.392 e. The van der Waals surface area contributed by atoms with Crippen LogP contribution in [0.2, 0.25) is 0 Å². The van der Waals surface area contributed by atoms with E-state index in [1.807, 2.05) is 12.2 Å². The highest BCUT2D eigenvalue weighted by atomic mass is 16.2. The highest BCUT2D eigenvalue weighted by Gasteiger charge is 1.78. The summed E-state index contributed by atoms with van der Waals surface area (Å²) in [6.07, 6.45) is 7.58. The predicted octanol–water partition coefficient (Wildman–Crippen LogP) is 1.75. The summed E-state index contributed by atoms with van der Waals surface area (Å²) < 4.78 is 0. The lowest BCUT2D eigenvalue weighted by Gasteiger charge is -1.88. The van der Waals surface area contributed by atoms with Crippen LogP contribution in [-0.4, -0.2) is 11.7 Å². The predicted molar refractivity (Wildman–Crippen MR) is 40.2 cm³/mol. The fourth-order valence-corrected chi connectivity index (χ4v) is 0.426. The minimum absolute atomic E-state index is 0.127. The molecule has 0 saturated carbocycles. The van der Waals surface area contributed by atoms with Crippen LogP contribution in [0, 0.1) is 5.92 Å². The van der Waals surface area contributed by atoms with Crippen molar-refractivity contribution < 1.29 is 5.11 Å². The molecule has 0 heterocycles. The quantitative estimate of drug-likeness (QED) is 0.571. The van der Waals surface area contributed by atoms with Crippen LogP contribution >= 0.6 is 0 Å². The van der Waals surface area contributed by atoms with Crippen molar-refractivity contribution in [1.82, 2.24) is 0 Å². The molecule has 0 aliphatic rings. The van der Waals surface area contributed by atoms with E-state index in [9.17, 15) is 0 Å². The number of rotatable bonds is 3. The first-order valence-electron chi connectivity index (χ1n) is 3.21. The van der Waals surface area contributed by atoms with Crippen LogP contribution in [0.5, 0.6) is 0 Å². The zero-order valence-electron chi connectivity index (χ0n) is 6.04. The third-order valence-corrected chi connectivity index (χ3v) is 0.849. The lowest BCUT2D eigenvalue weighted by atomic mass is 10.2. The van der Waals surface area contributed by atoms with Gasteiger partial charge in [-0.05, 0) is 5.92 Å². The van der Waals surface area contributed by atoms with Crippen molar-refractivity contribution >= 4 is 0 Å². The molecule has 0 rings (SSSR count). The molecular weight excluding hydrogens is 112 g/mol. The van der Waals surface area contributed by atoms with E-state index in [2.05, 4.69) is 19.9 Å². The van der Waals surface area contributed by atoms with Crippen molar-refractivity contribution in [2.75, 3.05) is 6.61 Å². The van der Waals surface area contributed by atoms with Crippen LogP contribution in [0.3, 0.4) is 0 Å². The van der Waals surface area contributed by atoms with Crippen LogP contribution in [0.1, 0.15) is 13.8 Å². The Morgan fingerprint density at radius 2 is 2.00 bits per heavy atom. The maximum absolute atomic E-state index is 8.31. The van der Waals surface area contributed by atoms with Gasteiger partial charge in [0.05, 0.1) is 6.61 Å². The van der Waals surface area contributed by atoms with Gasteiger partial charge in [-0.1, -0.05) is 38.2 Å². The Morgan fingerprint density at radius 3 is 2.44 bits per heavy atom. The summed E-state index contributed by atoms with van der Waals surface area (Å²) in [5.41, 5.74) is 0. The fraction of sp³-hybridized carbons (Fsp3) is 0.500. The molecular formula is C8H14O. The molecule has 0 aliphatic heterocycles. The van der Waals surface area contributed by atoms with Gasteiger partial charge in [0.15, 0.2) is 0 Å². The SMILES string of the molecule is CC(C)/C=C/C=C\CO. The van der Waals surface area contributed by atoms with E-state index in [-0.39, 0.29) is 6.61 Å². The Kier molecular flexibility index (Phi) is 5.23. The molecule has 0 amide bonds. The second kappa shape index (κ2) is 5.57. The lowest BCUT2D eigenvalue weighted by Crippen LogP contribution is -1.75. The number of hydrogen-bond acceptors (Lipinski definition) is 1. The van der Waals surface area contributed by atoms with Crippen LogP contribution < -0.4 is 0 Å². The van der Waals surface area contributed by atoms with E-state index in [1.165, 1.54) is 0 Å². The van der Waals surface area contributed by atoms with Gasteiger partial charge in [0.2, 0.25) is 0 Å². The summed E-state index contributed by atoms with van der Waals surface area (Å²) in [5.74, 6) is 0.591. The topological polar surface area (TPSA) is 20.2 Å². The first kappa shape index (κ1) is 8.44. The number of hydrogen-bond donors (Lipinski definition) is 1. The fourth-order valence-electron chi connectivity index (χ4n) is 0.426. The molecule has 0 fully saturated rings. The Balaban J connectivity index is 3.35. The van der Waals surface area contributed by atoms with Gasteiger partial charge in [-0.3, -0.25) is 0 Å². The Bertz CT molecular complexity index is 101. The molecule has 0 spiro atoms. The molecule has 0 aromatic carbocycles. The van der Waals surface area contributed by atoms with Crippen molar-refractivity contribution in [2.24, 2.45) is 5.92 Å². The van der Waals surface area contributed by atoms with Crippen molar-refractivity contribution in [2.45, 2.75) is 13.8 Å². The molecule has 0 aromatic rings. The third kappa shape index (κ3) is 7.44. The van der Waals surface area contributed by atoms with Crippen molar-refractivity contribution in [3.05, 3.63) is 24.3 Å². The first-order chi connectivity index (χ1) is 4.27. The summed E-state index contributed by atoms with van der Waals surface area (Å²) in [6.45, 7) is 4.36. The summed E-state index contributed by atoms with van der Waals surface area (Å²) >= 11 is 0. The van der Waals surface area contributed by atoms with E-state index in [4.69, 9.17) is 5.11 Å². The molecule has 0 aromatic heterocycles. The molecule has 0 bridgehead atoms. The first-order valence-corrected chi connectivity index (χ1v) is 3.21. The smallest absolute Gasteiger partial charge is 0.0615 e. The van der Waals surface area contributed by atoms with Crippen LogP contribution in [0.25, 0.3) is 0 Å². The minimum atomic E-state index is 0.127. The molecule has 1 N–H and O–H groups in total. The molecule has 9 heavy (non-hydrogen) atoms. The maximum atomic E-state index is 8.31. The Hall–Kier alpha value is -0.560. The molecule has 1 heteroatoms. The Morgan fingerprint density at radius 1 is 1.33 bits per heavy atom. The van der Waals surface area contributed by atoms with Gasteiger partial charge in [0.25, 0.3) is 0 Å². The van der Waals surface area contributed by atoms with Crippen molar-refractivity contribution in [3.63, 3.8) is 0 Å². The van der Waals surface area contributed by atoms with Crippen molar-refractivity contribution in [3.8, 4) is 0 Å². The summed E-state index contributed by atoms with van der Waals surface area (Å²) in [7, 11) is 0. The van der Waals surface area contributed by atoms with Gasteiger partial charge in [-0.15, -0.1) is 0 Å². The van der Waals surface area contributed by atoms with E-state index in [0.717, 1.165) is 0 Å². The largest absolute Gasteiger partial charge is 0.392 e. The van der Waals surface area contributed by atoms with E-state index in [0.29, 0.717) is 5.92 Å². The van der Waals surface area contributed by atoms with Gasteiger partial charge in [-0.25, -0.2) is 0 Å². The van der Waals surface area contributed by atoms with Crippen LogP contribution in [0.15, 0.2) is 24.3 Å². The Labute approximate surface area is 56.7 Å². The van der Waals surface area contributed by atoms with Gasteiger partial charge in [-0.2, -0.15) is 0 Å². The monoisotopic (exact) mass is 126 g/mol. The summed E-state index contributed by atoms with van der Waals surface area (Å²) in [5, 5.41) is 8.31. The van der Waals surface area contributed by atoms with E-state index >= 15 is 0 Å². The molecule has 0 aliphatic carbocycles. The van der Waals surface area contributed by atoms with Crippen molar-refractivity contribution in [1.29, 1.82) is 0 Å². The summed E-state index contributed by atoms with van der Waals surface area (Å²) in [6, 6.07) is 0. The molecule has 1 nitrogen and oxygen atoms in total. The normalized spacial score (nSPS) is 12.4.